The topological polar surface area (TPSA) is 97.3 Å². The van der Waals surface area contributed by atoms with E-state index in [1.165, 1.54) is 5.56 Å². The van der Waals surface area contributed by atoms with Gasteiger partial charge >= 0.3 is 6.03 Å². The van der Waals surface area contributed by atoms with E-state index in [9.17, 15) is 4.79 Å². The van der Waals surface area contributed by atoms with Crippen molar-refractivity contribution in [1.82, 2.24) is 25.5 Å². The summed E-state index contributed by atoms with van der Waals surface area (Å²) in [6.45, 7) is 2.58. The van der Waals surface area contributed by atoms with Gasteiger partial charge in [-0.25, -0.2) is 4.79 Å². The van der Waals surface area contributed by atoms with E-state index < -0.39 is 0 Å². The predicted octanol–water partition coefficient (Wildman–Crippen LogP) is 1.84. The fraction of sp³-hybridized carbons (Fsp3) is 0.600. The van der Waals surface area contributed by atoms with Crippen LogP contribution < -0.4 is 5.32 Å². The summed E-state index contributed by atoms with van der Waals surface area (Å²) in [5, 5.41) is 10.7. The normalized spacial score (nSPS) is 13.7. The first kappa shape index (κ1) is 15.5. The fourth-order valence-corrected chi connectivity index (χ4v) is 2.66. The molecule has 0 bridgehead atoms. The van der Waals surface area contributed by atoms with Gasteiger partial charge in [0.15, 0.2) is 5.82 Å². The summed E-state index contributed by atoms with van der Waals surface area (Å²) in [6, 6.07) is -0.214. The molecule has 0 atom stereocenters. The molecule has 2 amide bonds. The van der Waals surface area contributed by atoms with Crippen molar-refractivity contribution < 1.29 is 13.8 Å². The second-order valence-electron chi connectivity index (χ2n) is 5.71. The van der Waals surface area contributed by atoms with Gasteiger partial charge in [-0.3, -0.25) is 0 Å². The number of carbonyl (C=O) groups excluding carboxylic acids is 1. The van der Waals surface area contributed by atoms with E-state index in [0.717, 1.165) is 37.1 Å². The number of aryl methyl sites for hydroxylation is 2. The quantitative estimate of drug-likeness (QED) is 0.903. The van der Waals surface area contributed by atoms with Crippen molar-refractivity contribution >= 4 is 6.03 Å². The molecule has 0 saturated heterocycles. The second-order valence-corrected chi connectivity index (χ2v) is 5.71. The van der Waals surface area contributed by atoms with Crippen LogP contribution in [0.3, 0.4) is 0 Å². The molecule has 2 aromatic rings. The SMILES string of the molecule is CCc1noc(CNC(=O)N(C)Cc2noc3c2CCCC3)n1. The molecule has 1 N–H and O–H groups in total. The Morgan fingerprint density at radius 2 is 2.09 bits per heavy atom. The molecular formula is C15H21N5O3. The van der Waals surface area contributed by atoms with Crippen LogP contribution in [0.25, 0.3) is 0 Å². The first-order valence-corrected chi connectivity index (χ1v) is 7.94. The molecule has 1 aliphatic rings. The zero-order valence-corrected chi connectivity index (χ0v) is 13.5. The number of rotatable bonds is 5. The van der Waals surface area contributed by atoms with E-state index >= 15 is 0 Å². The maximum absolute atomic E-state index is 12.2. The van der Waals surface area contributed by atoms with Crippen LogP contribution in [0.4, 0.5) is 4.79 Å². The molecule has 0 radical (unpaired) electrons. The zero-order chi connectivity index (χ0) is 16.2. The molecule has 0 aromatic carbocycles. The number of nitrogens with zero attached hydrogens (tertiary/aromatic N) is 4. The number of hydrogen-bond donors (Lipinski definition) is 1. The Morgan fingerprint density at radius 1 is 1.26 bits per heavy atom. The van der Waals surface area contributed by atoms with Crippen molar-refractivity contribution in [2.45, 2.75) is 52.1 Å². The molecule has 0 unspecified atom stereocenters. The summed E-state index contributed by atoms with van der Waals surface area (Å²) in [5.41, 5.74) is 2.02. The van der Waals surface area contributed by atoms with E-state index in [0.29, 0.717) is 24.7 Å². The van der Waals surface area contributed by atoms with Gasteiger partial charge in [-0.2, -0.15) is 4.98 Å². The Kier molecular flexibility index (Phi) is 4.59. The monoisotopic (exact) mass is 319 g/mol. The molecule has 2 heterocycles. The highest BCUT2D eigenvalue weighted by Crippen LogP contribution is 2.24. The van der Waals surface area contributed by atoms with Crippen molar-refractivity contribution in [3.63, 3.8) is 0 Å². The molecule has 23 heavy (non-hydrogen) atoms. The first-order valence-electron chi connectivity index (χ1n) is 7.94. The van der Waals surface area contributed by atoms with Crippen molar-refractivity contribution in [1.29, 1.82) is 0 Å². The molecule has 1 aliphatic carbocycles. The summed E-state index contributed by atoms with van der Waals surface area (Å²) in [7, 11) is 1.73. The van der Waals surface area contributed by atoms with Crippen molar-refractivity contribution in [2.24, 2.45) is 0 Å². The predicted molar refractivity (Wildman–Crippen MR) is 80.5 cm³/mol. The van der Waals surface area contributed by atoms with Crippen LogP contribution in [-0.4, -0.2) is 33.3 Å². The maximum atomic E-state index is 12.2. The third-order valence-electron chi connectivity index (χ3n) is 3.98. The van der Waals surface area contributed by atoms with E-state index in [-0.39, 0.29) is 12.6 Å². The first-order chi connectivity index (χ1) is 11.2. The third kappa shape index (κ3) is 3.52. The largest absolute Gasteiger partial charge is 0.361 e. The minimum atomic E-state index is -0.214. The van der Waals surface area contributed by atoms with Crippen LogP contribution in [0, 0.1) is 0 Å². The molecule has 0 aliphatic heterocycles. The highest BCUT2D eigenvalue weighted by Gasteiger charge is 2.21. The Hall–Kier alpha value is -2.38. The minimum absolute atomic E-state index is 0.214. The van der Waals surface area contributed by atoms with Crippen LogP contribution in [0.5, 0.6) is 0 Å². The van der Waals surface area contributed by atoms with E-state index in [2.05, 4.69) is 20.6 Å². The Morgan fingerprint density at radius 3 is 2.87 bits per heavy atom. The van der Waals surface area contributed by atoms with Crippen molar-refractivity contribution in [2.75, 3.05) is 7.05 Å². The Labute approximate surface area is 134 Å². The summed E-state index contributed by atoms with van der Waals surface area (Å²) in [4.78, 5) is 17.9. The van der Waals surface area contributed by atoms with Crippen LogP contribution in [0.15, 0.2) is 9.05 Å². The van der Waals surface area contributed by atoms with Gasteiger partial charge in [0.1, 0.15) is 11.5 Å². The van der Waals surface area contributed by atoms with Gasteiger partial charge in [0, 0.05) is 25.5 Å². The minimum Gasteiger partial charge on any atom is -0.361 e. The number of carbonyl (C=O) groups is 1. The lowest BCUT2D eigenvalue weighted by atomic mass is 9.96. The van der Waals surface area contributed by atoms with Gasteiger partial charge in [-0.1, -0.05) is 17.2 Å². The van der Waals surface area contributed by atoms with Crippen LogP contribution in [-0.2, 0) is 32.4 Å². The average Bonchev–Trinajstić information content (AvgIpc) is 3.20. The number of urea groups is 1. The van der Waals surface area contributed by atoms with Gasteiger partial charge in [-0.05, 0) is 19.3 Å². The molecule has 0 saturated carbocycles. The third-order valence-corrected chi connectivity index (χ3v) is 3.98. The van der Waals surface area contributed by atoms with Gasteiger partial charge in [0.25, 0.3) is 0 Å². The smallest absolute Gasteiger partial charge is 0.317 e. The summed E-state index contributed by atoms with van der Waals surface area (Å²) in [6.07, 6.45) is 4.91. The lowest BCUT2D eigenvalue weighted by molar-refractivity contribution is 0.203. The summed E-state index contributed by atoms with van der Waals surface area (Å²) in [5.74, 6) is 2.01. The zero-order valence-electron chi connectivity index (χ0n) is 13.5. The summed E-state index contributed by atoms with van der Waals surface area (Å²) >= 11 is 0. The number of fused-ring (bicyclic) bond motifs is 1. The Bertz CT molecular complexity index is 678. The molecule has 8 heteroatoms. The molecule has 124 valence electrons. The highest BCUT2D eigenvalue weighted by molar-refractivity contribution is 5.73. The second kappa shape index (κ2) is 6.80. The standard InChI is InChI=1S/C15H21N5O3/c1-3-13-17-14(23-19-13)8-16-15(21)20(2)9-11-10-6-4-5-7-12(10)22-18-11/h3-9H2,1-2H3,(H,16,21). The van der Waals surface area contributed by atoms with Gasteiger partial charge in [0.05, 0.1) is 13.1 Å². The summed E-state index contributed by atoms with van der Waals surface area (Å²) < 4.78 is 10.4. The maximum Gasteiger partial charge on any atom is 0.317 e. The van der Waals surface area contributed by atoms with Crippen molar-refractivity contribution in [3.05, 3.63) is 28.7 Å². The lowest BCUT2D eigenvalue weighted by Gasteiger charge is -2.17. The van der Waals surface area contributed by atoms with E-state index in [1.54, 1.807) is 11.9 Å². The molecule has 8 nitrogen and oxygen atoms in total. The van der Waals surface area contributed by atoms with Crippen molar-refractivity contribution in [3.8, 4) is 0 Å². The van der Waals surface area contributed by atoms with Crippen LogP contribution in [0.1, 0.15) is 48.5 Å². The van der Waals surface area contributed by atoms with E-state index in [4.69, 9.17) is 9.05 Å². The van der Waals surface area contributed by atoms with E-state index in [1.807, 2.05) is 6.92 Å². The molecular weight excluding hydrogens is 298 g/mol. The fourth-order valence-electron chi connectivity index (χ4n) is 2.66. The molecule has 3 rings (SSSR count). The van der Waals surface area contributed by atoms with Gasteiger partial charge in [0.2, 0.25) is 5.89 Å². The number of amides is 2. The van der Waals surface area contributed by atoms with Crippen LogP contribution >= 0.6 is 0 Å². The lowest BCUT2D eigenvalue weighted by Crippen LogP contribution is -2.36. The molecule has 0 fully saturated rings. The highest BCUT2D eigenvalue weighted by atomic mass is 16.5. The number of nitrogens with one attached hydrogen (secondary N) is 1. The average molecular weight is 319 g/mol. The Balaban J connectivity index is 1.54. The number of aromatic nitrogens is 3. The van der Waals surface area contributed by atoms with Gasteiger partial charge < -0.3 is 19.3 Å². The van der Waals surface area contributed by atoms with Gasteiger partial charge in [-0.15, -0.1) is 0 Å². The molecule has 0 spiro atoms. The number of hydrogen-bond acceptors (Lipinski definition) is 6. The van der Waals surface area contributed by atoms with Crippen LogP contribution in [0.2, 0.25) is 0 Å². The molecule has 2 aromatic heterocycles.